The second-order valence-electron chi connectivity index (χ2n) is 4.74. The molecule has 0 radical (unpaired) electrons. The van der Waals surface area contributed by atoms with Crippen LogP contribution in [0.4, 0.5) is 0 Å². The van der Waals surface area contributed by atoms with Crippen LogP contribution in [-0.2, 0) is 14.4 Å². The summed E-state index contributed by atoms with van der Waals surface area (Å²) in [5, 5.41) is 14.2. The van der Waals surface area contributed by atoms with Crippen molar-refractivity contribution in [2.45, 2.75) is 38.2 Å². The molecule has 5 N–H and O–H groups in total. The van der Waals surface area contributed by atoms with Gasteiger partial charge in [0.2, 0.25) is 17.7 Å². The Morgan fingerprint density at radius 2 is 1.84 bits per heavy atom. The summed E-state index contributed by atoms with van der Waals surface area (Å²) in [5.41, 5.74) is 4.83. The molecule has 1 aliphatic carbocycles. The van der Waals surface area contributed by atoms with E-state index < -0.39 is 12.0 Å². The Hall–Kier alpha value is -1.63. The first-order valence-corrected chi connectivity index (χ1v) is 6.52. The molecule has 3 amide bonds. The van der Waals surface area contributed by atoms with Crippen molar-refractivity contribution in [2.75, 3.05) is 13.1 Å². The summed E-state index contributed by atoms with van der Waals surface area (Å²) in [4.78, 5) is 33.5. The molecular weight excluding hydrogens is 250 g/mol. The summed E-state index contributed by atoms with van der Waals surface area (Å²) in [5.74, 6) is -1.14. The van der Waals surface area contributed by atoms with Crippen molar-refractivity contribution >= 4 is 17.7 Å². The Morgan fingerprint density at radius 3 is 2.42 bits per heavy atom. The molecule has 1 unspecified atom stereocenters. The van der Waals surface area contributed by atoms with E-state index in [0.29, 0.717) is 0 Å². The number of amides is 3. The average molecular weight is 271 g/mol. The van der Waals surface area contributed by atoms with Crippen molar-refractivity contribution in [1.29, 1.82) is 0 Å². The van der Waals surface area contributed by atoms with Gasteiger partial charge in [0, 0.05) is 18.9 Å². The van der Waals surface area contributed by atoms with Crippen LogP contribution in [-0.4, -0.2) is 42.0 Å². The minimum absolute atomic E-state index is 0.00229. The molecule has 0 spiro atoms. The van der Waals surface area contributed by atoms with Crippen molar-refractivity contribution in [2.24, 2.45) is 11.7 Å². The first kappa shape index (κ1) is 15.4. The number of nitrogens with one attached hydrogen (secondary N) is 2. The van der Waals surface area contributed by atoms with Gasteiger partial charge in [-0.25, -0.2) is 0 Å². The van der Waals surface area contributed by atoms with Crippen molar-refractivity contribution < 1.29 is 19.5 Å². The number of hydrogen-bond donors (Lipinski definition) is 4. The fourth-order valence-corrected chi connectivity index (χ4v) is 2.03. The number of primary amides is 1. The maximum atomic E-state index is 11.6. The highest BCUT2D eigenvalue weighted by molar-refractivity contribution is 5.82. The number of carbonyl (C=O) groups is 3. The minimum Gasteiger partial charge on any atom is -0.381 e. The summed E-state index contributed by atoms with van der Waals surface area (Å²) in [6.07, 6.45) is 2.75. The second kappa shape index (κ2) is 7.73. The lowest BCUT2D eigenvalue weighted by Gasteiger charge is -2.11. The van der Waals surface area contributed by atoms with Crippen LogP contribution in [0.1, 0.15) is 32.1 Å². The zero-order chi connectivity index (χ0) is 14.3. The van der Waals surface area contributed by atoms with Gasteiger partial charge in [0.15, 0.2) is 0 Å². The third kappa shape index (κ3) is 5.69. The van der Waals surface area contributed by atoms with Crippen LogP contribution >= 0.6 is 0 Å². The first-order chi connectivity index (χ1) is 9.00. The summed E-state index contributed by atoms with van der Waals surface area (Å²) >= 11 is 0. The van der Waals surface area contributed by atoms with Crippen LogP contribution in [0.3, 0.4) is 0 Å². The minimum atomic E-state index is -1.38. The van der Waals surface area contributed by atoms with E-state index >= 15 is 0 Å². The highest BCUT2D eigenvalue weighted by atomic mass is 16.3. The van der Waals surface area contributed by atoms with Gasteiger partial charge in [-0.3, -0.25) is 14.4 Å². The highest BCUT2D eigenvalue weighted by Gasteiger charge is 2.22. The lowest BCUT2D eigenvalue weighted by molar-refractivity contribution is -0.127. The smallest absolute Gasteiger partial charge is 0.248 e. The number of nitrogens with two attached hydrogens (primary N) is 1. The van der Waals surface area contributed by atoms with Crippen LogP contribution in [0.2, 0.25) is 0 Å². The topological polar surface area (TPSA) is 122 Å². The van der Waals surface area contributed by atoms with Crippen molar-refractivity contribution in [3.63, 3.8) is 0 Å². The molecule has 7 nitrogen and oxygen atoms in total. The van der Waals surface area contributed by atoms with Crippen LogP contribution in [0.15, 0.2) is 0 Å². The Morgan fingerprint density at radius 1 is 1.21 bits per heavy atom. The van der Waals surface area contributed by atoms with Gasteiger partial charge in [-0.15, -0.1) is 0 Å². The molecule has 0 bridgehead atoms. The van der Waals surface area contributed by atoms with Crippen LogP contribution in [0, 0.1) is 5.92 Å². The third-order valence-electron chi connectivity index (χ3n) is 3.20. The van der Waals surface area contributed by atoms with Gasteiger partial charge >= 0.3 is 0 Å². The normalized spacial score (nSPS) is 16.9. The van der Waals surface area contributed by atoms with Gasteiger partial charge in [0.1, 0.15) is 6.10 Å². The zero-order valence-electron chi connectivity index (χ0n) is 10.9. The molecule has 0 aromatic carbocycles. The highest BCUT2D eigenvalue weighted by Crippen LogP contribution is 2.24. The Kier molecular flexibility index (Phi) is 6.27. The molecule has 1 saturated carbocycles. The van der Waals surface area contributed by atoms with Gasteiger partial charge in [-0.1, -0.05) is 12.8 Å². The maximum Gasteiger partial charge on any atom is 0.248 e. The SMILES string of the molecule is NC(=O)C(O)CNC(=O)CCNC(=O)C1CCCC1. The Balaban J connectivity index is 2.09. The molecule has 0 aromatic rings. The third-order valence-corrected chi connectivity index (χ3v) is 3.20. The number of aliphatic hydroxyl groups is 1. The predicted octanol–water partition coefficient (Wildman–Crippen LogP) is -1.35. The van der Waals surface area contributed by atoms with E-state index in [1.165, 1.54) is 0 Å². The number of aliphatic hydroxyl groups excluding tert-OH is 1. The van der Waals surface area contributed by atoms with Crippen LogP contribution < -0.4 is 16.4 Å². The Labute approximate surface area is 111 Å². The van der Waals surface area contributed by atoms with Crippen molar-refractivity contribution in [3.8, 4) is 0 Å². The molecule has 7 heteroatoms. The number of hydrogen-bond acceptors (Lipinski definition) is 4. The van der Waals surface area contributed by atoms with Gasteiger partial charge in [0.05, 0.1) is 6.54 Å². The first-order valence-electron chi connectivity index (χ1n) is 6.52. The fraction of sp³-hybridized carbons (Fsp3) is 0.750. The molecule has 19 heavy (non-hydrogen) atoms. The molecule has 1 atom stereocenters. The van der Waals surface area contributed by atoms with E-state index in [9.17, 15) is 14.4 Å². The van der Waals surface area contributed by atoms with Crippen LogP contribution in [0.5, 0.6) is 0 Å². The standard InChI is InChI=1S/C12H21N3O4/c13-11(18)9(16)7-15-10(17)5-6-14-12(19)8-3-1-2-4-8/h8-9,16H,1-7H2,(H2,13,18)(H,14,19)(H,15,17). The van der Waals surface area contributed by atoms with E-state index in [2.05, 4.69) is 10.6 Å². The molecule has 1 rings (SSSR count). The molecule has 0 aromatic heterocycles. The van der Waals surface area contributed by atoms with Gasteiger partial charge in [-0.05, 0) is 12.8 Å². The fourth-order valence-electron chi connectivity index (χ4n) is 2.03. The average Bonchev–Trinajstić information content (AvgIpc) is 2.89. The monoisotopic (exact) mass is 271 g/mol. The molecule has 108 valence electrons. The lowest BCUT2D eigenvalue weighted by Crippen LogP contribution is -2.41. The summed E-state index contributed by atoms with van der Waals surface area (Å²) < 4.78 is 0. The number of carbonyl (C=O) groups excluding carboxylic acids is 3. The van der Waals surface area contributed by atoms with E-state index in [4.69, 9.17) is 10.8 Å². The molecule has 1 fully saturated rings. The summed E-state index contributed by atoms with van der Waals surface area (Å²) in [7, 11) is 0. The number of rotatable bonds is 7. The van der Waals surface area contributed by atoms with Crippen molar-refractivity contribution in [3.05, 3.63) is 0 Å². The van der Waals surface area contributed by atoms with E-state index in [1.807, 2.05) is 0 Å². The lowest BCUT2D eigenvalue weighted by atomic mass is 10.1. The molecular formula is C12H21N3O4. The Bertz CT molecular complexity index is 340. The van der Waals surface area contributed by atoms with E-state index in [0.717, 1.165) is 25.7 Å². The van der Waals surface area contributed by atoms with Crippen molar-refractivity contribution in [1.82, 2.24) is 10.6 Å². The second-order valence-corrected chi connectivity index (χ2v) is 4.74. The summed E-state index contributed by atoms with van der Waals surface area (Å²) in [6, 6.07) is 0. The van der Waals surface area contributed by atoms with Crippen LogP contribution in [0.25, 0.3) is 0 Å². The molecule has 0 aliphatic heterocycles. The quantitative estimate of drug-likeness (QED) is 0.457. The summed E-state index contributed by atoms with van der Waals surface area (Å²) in [6.45, 7) is 0.0541. The predicted molar refractivity (Wildman–Crippen MR) is 67.8 cm³/mol. The maximum absolute atomic E-state index is 11.6. The van der Waals surface area contributed by atoms with E-state index in [-0.39, 0.29) is 37.2 Å². The van der Waals surface area contributed by atoms with E-state index in [1.54, 1.807) is 0 Å². The van der Waals surface area contributed by atoms with Gasteiger partial charge in [-0.2, -0.15) is 0 Å². The zero-order valence-corrected chi connectivity index (χ0v) is 10.9. The molecule has 0 heterocycles. The van der Waals surface area contributed by atoms with Gasteiger partial charge in [0.25, 0.3) is 0 Å². The molecule has 1 aliphatic rings. The van der Waals surface area contributed by atoms with Gasteiger partial charge < -0.3 is 21.5 Å². The largest absolute Gasteiger partial charge is 0.381 e. The molecule has 0 saturated heterocycles.